The van der Waals surface area contributed by atoms with E-state index in [1.165, 1.54) is 99.2 Å². The normalized spacial score (nSPS) is 11.5. The topological polar surface area (TPSA) is 9.86 Å². The van der Waals surface area contributed by atoms with Crippen molar-refractivity contribution in [3.05, 3.63) is 243 Å². The Morgan fingerprint density at radius 3 is 1.06 bits per heavy atom. The van der Waals surface area contributed by atoms with Crippen LogP contribution >= 0.6 is 0 Å². The molecule has 2 heteroatoms. The summed E-state index contributed by atoms with van der Waals surface area (Å²) < 4.78 is 4.84. The van der Waals surface area contributed by atoms with Crippen molar-refractivity contribution in [1.29, 1.82) is 0 Å². The maximum absolute atomic E-state index is 2.44. The number of para-hydroxylation sites is 1. The molecule has 0 saturated carbocycles. The molecule has 10 aromatic carbocycles. The van der Waals surface area contributed by atoms with E-state index < -0.39 is 0 Å². The number of rotatable bonds is 7. The Morgan fingerprint density at radius 1 is 0.210 bits per heavy atom. The van der Waals surface area contributed by atoms with E-state index in [-0.39, 0.29) is 0 Å². The third-order valence-electron chi connectivity index (χ3n) is 12.5. The highest BCUT2D eigenvalue weighted by Crippen LogP contribution is 2.43. The predicted molar refractivity (Wildman–Crippen MR) is 262 cm³/mol. The first-order valence-corrected chi connectivity index (χ1v) is 21.3. The van der Waals surface area contributed by atoms with E-state index in [1.54, 1.807) is 0 Å². The van der Waals surface area contributed by atoms with Crippen LogP contribution in [0.15, 0.2) is 243 Å². The second kappa shape index (κ2) is 14.8. The van der Waals surface area contributed by atoms with Crippen LogP contribution in [0.1, 0.15) is 0 Å². The minimum atomic E-state index is 1.15. The Morgan fingerprint density at radius 2 is 0.565 bits per heavy atom. The van der Waals surface area contributed by atoms with Crippen LogP contribution in [-0.2, 0) is 0 Å². The summed E-state index contributed by atoms with van der Waals surface area (Å²) in [6.45, 7) is 0. The predicted octanol–water partition coefficient (Wildman–Crippen LogP) is 16.2. The molecule has 12 aromatic rings. The van der Waals surface area contributed by atoms with Crippen LogP contribution in [0.5, 0.6) is 0 Å². The van der Waals surface area contributed by atoms with Crippen molar-refractivity contribution in [1.82, 2.24) is 9.13 Å². The van der Waals surface area contributed by atoms with Gasteiger partial charge in [0.05, 0.1) is 22.1 Å². The molecular formula is C60H40N2. The Balaban J connectivity index is 0.989. The number of hydrogen-bond donors (Lipinski definition) is 0. The van der Waals surface area contributed by atoms with E-state index in [1.807, 2.05) is 0 Å². The van der Waals surface area contributed by atoms with Gasteiger partial charge >= 0.3 is 0 Å². The van der Waals surface area contributed by atoms with Gasteiger partial charge in [0.1, 0.15) is 0 Å². The molecule has 0 aliphatic rings. The first-order chi connectivity index (χ1) is 30.8. The molecule has 0 aliphatic carbocycles. The lowest BCUT2D eigenvalue weighted by molar-refractivity contribution is 1.18. The molecule has 0 fully saturated rings. The molecule has 290 valence electrons. The Bertz CT molecular complexity index is 3580. The summed E-state index contributed by atoms with van der Waals surface area (Å²) in [5, 5.41) is 5.01. The molecule has 2 nitrogen and oxygen atoms in total. The largest absolute Gasteiger partial charge is 0.309 e. The summed E-state index contributed by atoms with van der Waals surface area (Å²) in [4.78, 5) is 0. The lowest BCUT2D eigenvalue weighted by atomic mass is 9.95. The highest BCUT2D eigenvalue weighted by atomic mass is 15.0. The van der Waals surface area contributed by atoms with Gasteiger partial charge < -0.3 is 9.13 Å². The van der Waals surface area contributed by atoms with E-state index in [4.69, 9.17) is 0 Å². The molecular weight excluding hydrogens is 749 g/mol. The smallest absolute Gasteiger partial charge is 0.0547 e. The summed E-state index contributed by atoms with van der Waals surface area (Å²) in [7, 11) is 0. The monoisotopic (exact) mass is 788 g/mol. The molecule has 0 amide bonds. The molecule has 2 aromatic heterocycles. The molecule has 62 heavy (non-hydrogen) atoms. The number of nitrogens with zero attached hydrogens (tertiary/aromatic N) is 2. The molecule has 0 saturated heterocycles. The molecule has 0 radical (unpaired) electrons. The fourth-order valence-corrected chi connectivity index (χ4v) is 9.66. The number of hydrogen-bond acceptors (Lipinski definition) is 0. The van der Waals surface area contributed by atoms with Gasteiger partial charge in [0, 0.05) is 32.9 Å². The van der Waals surface area contributed by atoms with E-state index in [0.717, 1.165) is 11.4 Å². The molecule has 12 rings (SSSR count). The zero-order valence-corrected chi connectivity index (χ0v) is 34.0. The van der Waals surface area contributed by atoms with Crippen molar-refractivity contribution >= 4 is 43.6 Å². The summed E-state index contributed by atoms with van der Waals surface area (Å²) in [6, 6.07) is 88.3. The molecule has 0 spiro atoms. The standard InChI is InChI=1S/C60H40N2/c1-5-16-41(17-6-1)46-22-13-25-50(38-46)62-56-37-35-48(40-54(56)60-52(27-15-29-58(60)62)45-20-9-3-10-21-45)43-32-30-42(31-33-43)47-34-36-55-53(39-47)59-51(44-18-7-2-8-19-44)26-14-28-57(59)61(55)49-23-11-4-12-24-49/h1-40H. The van der Waals surface area contributed by atoms with Crippen LogP contribution in [0, 0.1) is 0 Å². The third kappa shape index (κ3) is 5.96. The first-order valence-electron chi connectivity index (χ1n) is 21.3. The van der Waals surface area contributed by atoms with Gasteiger partial charge in [-0.25, -0.2) is 0 Å². The number of aromatic nitrogens is 2. The zero-order valence-electron chi connectivity index (χ0n) is 34.0. The number of benzene rings is 10. The Kier molecular flexibility index (Phi) is 8.53. The van der Waals surface area contributed by atoms with Crippen LogP contribution in [0.25, 0.3) is 111 Å². The second-order valence-corrected chi connectivity index (χ2v) is 16.1. The van der Waals surface area contributed by atoms with Gasteiger partial charge in [-0.1, -0.05) is 182 Å². The number of fused-ring (bicyclic) bond motifs is 6. The molecule has 0 bridgehead atoms. The van der Waals surface area contributed by atoms with E-state index in [9.17, 15) is 0 Å². The van der Waals surface area contributed by atoms with Gasteiger partial charge in [0.15, 0.2) is 0 Å². The van der Waals surface area contributed by atoms with Crippen molar-refractivity contribution in [3.63, 3.8) is 0 Å². The van der Waals surface area contributed by atoms with Gasteiger partial charge in [-0.2, -0.15) is 0 Å². The van der Waals surface area contributed by atoms with Crippen molar-refractivity contribution in [2.45, 2.75) is 0 Å². The van der Waals surface area contributed by atoms with Gasteiger partial charge in [0.25, 0.3) is 0 Å². The fourth-order valence-electron chi connectivity index (χ4n) is 9.66. The molecule has 2 heterocycles. The Labute approximate surface area is 360 Å². The SMILES string of the molecule is c1ccc(-c2cccc(-n3c4ccc(-c5ccc(-c6ccc7c(c6)c6c(-c8ccccc8)cccc6n7-c6ccccc6)cc5)cc4c4c(-c5ccccc5)cccc43)c2)cc1. The maximum atomic E-state index is 2.44. The van der Waals surface area contributed by atoms with E-state index in [0.29, 0.717) is 0 Å². The average Bonchev–Trinajstić information content (AvgIpc) is 3.87. The highest BCUT2D eigenvalue weighted by molar-refractivity contribution is 6.18. The zero-order chi connectivity index (χ0) is 41.0. The van der Waals surface area contributed by atoms with Crippen LogP contribution < -0.4 is 0 Å². The summed E-state index contributed by atoms with van der Waals surface area (Å²) in [5.41, 5.74) is 19.2. The first kappa shape index (κ1) is 35.7. The summed E-state index contributed by atoms with van der Waals surface area (Å²) >= 11 is 0. The van der Waals surface area contributed by atoms with E-state index in [2.05, 4.69) is 252 Å². The summed E-state index contributed by atoms with van der Waals surface area (Å²) in [6.07, 6.45) is 0. The molecule has 0 atom stereocenters. The lowest BCUT2D eigenvalue weighted by Crippen LogP contribution is -1.94. The van der Waals surface area contributed by atoms with Crippen LogP contribution in [0.4, 0.5) is 0 Å². The van der Waals surface area contributed by atoms with Gasteiger partial charge in [-0.05, 0) is 116 Å². The lowest BCUT2D eigenvalue weighted by Gasteiger charge is -2.11. The van der Waals surface area contributed by atoms with Gasteiger partial charge in [-0.15, -0.1) is 0 Å². The van der Waals surface area contributed by atoms with Crippen molar-refractivity contribution in [3.8, 4) is 67.0 Å². The molecule has 0 N–H and O–H groups in total. The third-order valence-corrected chi connectivity index (χ3v) is 12.5. The maximum Gasteiger partial charge on any atom is 0.0547 e. The van der Waals surface area contributed by atoms with Gasteiger partial charge in [-0.3, -0.25) is 0 Å². The van der Waals surface area contributed by atoms with Crippen LogP contribution in [-0.4, -0.2) is 9.13 Å². The quantitative estimate of drug-likeness (QED) is 0.152. The Hall–Kier alpha value is -8.20. The van der Waals surface area contributed by atoms with Crippen LogP contribution in [0.3, 0.4) is 0 Å². The minimum Gasteiger partial charge on any atom is -0.309 e. The molecule has 0 unspecified atom stereocenters. The van der Waals surface area contributed by atoms with Crippen molar-refractivity contribution in [2.75, 3.05) is 0 Å². The second-order valence-electron chi connectivity index (χ2n) is 16.1. The fraction of sp³-hybridized carbons (Fsp3) is 0. The van der Waals surface area contributed by atoms with E-state index >= 15 is 0 Å². The van der Waals surface area contributed by atoms with Crippen LogP contribution in [0.2, 0.25) is 0 Å². The van der Waals surface area contributed by atoms with Crippen molar-refractivity contribution < 1.29 is 0 Å². The highest BCUT2D eigenvalue weighted by Gasteiger charge is 2.19. The minimum absolute atomic E-state index is 1.15. The summed E-state index contributed by atoms with van der Waals surface area (Å²) in [5.74, 6) is 0. The van der Waals surface area contributed by atoms with Crippen molar-refractivity contribution in [2.24, 2.45) is 0 Å². The molecule has 0 aliphatic heterocycles. The average molecular weight is 789 g/mol. The van der Waals surface area contributed by atoms with Gasteiger partial charge in [0.2, 0.25) is 0 Å².